The molecule has 6 nitrogen and oxygen atoms in total. The van der Waals surface area contributed by atoms with E-state index in [0.717, 1.165) is 12.1 Å². The van der Waals surface area contributed by atoms with E-state index in [0.29, 0.717) is 13.0 Å². The van der Waals surface area contributed by atoms with Gasteiger partial charge in [0.2, 0.25) is 0 Å². The number of likely N-dealkylation sites (tertiary alicyclic amines) is 1. The molecule has 0 spiro atoms. The normalized spacial score (nSPS) is 24.7. The average Bonchev–Trinajstić information content (AvgIpc) is 2.92. The molecule has 0 N–H and O–H groups in total. The quantitative estimate of drug-likeness (QED) is 0.542. The minimum atomic E-state index is -0.700. The van der Waals surface area contributed by atoms with Crippen LogP contribution in [0.5, 0.6) is 0 Å². The van der Waals surface area contributed by atoms with Crippen molar-refractivity contribution in [1.29, 1.82) is 0 Å². The standard InChI is InChI=1S/C21H30N2O4/c1-6-12-21(2)17(13-22(3)4)14-23(18(21)19(24)26-5)20(25)27-15-16-10-8-7-9-11-16/h6-11,17-18H,1,12-15H2,2-5H3. The number of rotatable bonds is 7. The van der Waals surface area contributed by atoms with Gasteiger partial charge in [-0.2, -0.15) is 0 Å². The third-order valence-corrected chi connectivity index (χ3v) is 5.32. The van der Waals surface area contributed by atoms with Gasteiger partial charge in [0.05, 0.1) is 7.11 Å². The van der Waals surface area contributed by atoms with Crippen molar-refractivity contribution in [3.8, 4) is 0 Å². The molecular formula is C21H30N2O4. The van der Waals surface area contributed by atoms with Gasteiger partial charge in [-0.25, -0.2) is 9.59 Å². The second kappa shape index (κ2) is 9.04. The van der Waals surface area contributed by atoms with Gasteiger partial charge >= 0.3 is 12.1 Å². The number of hydrogen-bond donors (Lipinski definition) is 0. The number of benzene rings is 1. The van der Waals surface area contributed by atoms with E-state index in [1.807, 2.05) is 51.4 Å². The largest absolute Gasteiger partial charge is 0.467 e. The predicted molar refractivity (Wildman–Crippen MR) is 104 cm³/mol. The molecule has 1 aliphatic heterocycles. The Bertz CT molecular complexity index is 661. The molecule has 0 saturated carbocycles. The molecule has 2 rings (SSSR count). The third kappa shape index (κ3) is 4.69. The summed E-state index contributed by atoms with van der Waals surface area (Å²) in [5.74, 6) is -0.323. The molecule has 0 aromatic heterocycles. The highest BCUT2D eigenvalue weighted by molar-refractivity contribution is 5.83. The van der Waals surface area contributed by atoms with Crippen molar-refractivity contribution < 1.29 is 19.1 Å². The number of methoxy groups -OCH3 is 1. The van der Waals surface area contributed by atoms with Crippen LogP contribution in [-0.2, 0) is 20.9 Å². The molecule has 0 radical (unpaired) electrons. The van der Waals surface area contributed by atoms with Crippen molar-refractivity contribution in [2.45, 2.75) is 26.0 Å². The summed E-state index contributed by atoms with van der Waals surface area (Å²) in [5.41, 5.74) is 0.434. The first-order valence-electron chi connectivity index (χ1n) is 9.14. The lowest BCUT2D eigenvalue weighted by Crippen LogP contribution is -2.48. The molecule has 3 unspecified atom stereocenters. The molecule has 1 fully saturated rings. The Morgan fingerprint density at radius 1 is 1.33 bits per heavy atom. The fourth-order valence-electron chi connectivity index (χ4n) is 3.92. The highest BCUT2D eigenvalue weighted by Gasteiger charge is 2.56. The van der Waals surface area contributed by atoms with Gasteiger partial charge in [0.25, 0.3) is 0 Å². The number of hydrogen-bond acceptors (Lipinski definition) is 5. The summed E-state index contributed by atoms with van der Waals surface area (Å²) < 4.78 is 10.5. The predicted octanol–water partition coefficient (Wildman–Crippen LogP) is 2.94. The topological polar surface area (TPSA) is 59.1 Å². The number of amides is 1. The van der Waals surface area contributed by atoms with Crippen LogP contribution in [0.25, 0.3) is 0 Å². The van der Waals surface area contributed by atoms with E-state index in [-0.39, 0.29) is 12.5 Å². The van der Waals surface area contributed by atoms with Crippen molar-refractivity contribution in [3.05, 3.63) is 48.6 Å². The Hall–Kier alpha value is -2.34. The van der Waals surface area contributed by atoms with Crippen LogP contribution < -0.4 is 0 Å². The first kappa shape index (κ1) is 21.0. The Kier molecular flexibility index (Phi) is 7.02. The molecule has 0 aliphatic carbocycles. The lowest BCUT2D eigenvalue weighted by molar-refractivity contribution is -0.149. The lowest BCUT2D eigenvalue weighted by Gasteiger charge is -2.35. The van der Waals surface area contributed by atoms with Crippen LogP contribution in [0.4, 0.5) is 4.79 Å². The number of carbonyl (C=O) groups excluding carboxylic acids is 2. The van der Waals surface area contributed by atoms with E-state index in [1.54, 1.807) is 6.08 Å². The summed E-state index contributed by atoms with van der Waals surface area (Å²) in [7, 11) is 5.32. The highest BCUT2D eigenvalue weighted by atomic mass is 16.6. The van der Waals surface area contributed by atoms with Crippen LogP contribution in [-0.4, -0.2) is 62.2 Å². The molecule has 1 aromatic carbocycles. The summed E-state index contributed by atoms with van der Waals surface area (Å²) in [6, 6.07) is 8.78. The second-order valence-corrected chi connectivity index (χ2v) is 7.58. The average molecular weight is 374 g/mol. The fraction of sp³-hybridized carbons (Fsp3) is 0.524. The monoisotopic (exact) mass is 374 g/mol. The van der Waals surface area contributed by atoms with Crippen LogP contribution >= 0.6 is 0 Å². The van der Waals surface area contributed by atoms with Gasteiger partial charge in [0.1, 0.15) is 12.6 Å². The summed E-state index contributed by atoms with van der Waals surface area (Å²) in [4.78, 5) is 29.0. The zero-order valence-corrected chi connectivity index (χ0v) is 16.7. The van der Waals surface area contributed by atoms with E-state index in [4.69, 9.17) is 9.47 Å². The second-order valence-electron chi connectivity index (χ2n) is 7.58. The summed E-state index contributed by atoms with van der Waals surface area (Å²) in [5, 5.41) is 0. The zero-order chi connectivity index (χ0) is 20.0. The van der Waals surface area contributed by atoms with Gasteiger partial charge in [-0.05, 0) is 32.0 Å². The molecule has 1 aromatic rings. The highest BCUT2D eigenvalue weighted by Crippen LogP contribution is 2.45. The maximum Gasteiger partial charge on any atom is 0.410 e. The van der Waals surface area contributed by atoms with Gasteiger partial charge in [-0.1, -0.05) is 43.3 Å². The molecule has 1 aliphatic rings. The molecule has 1 heterocycles. The fourth-order valence-corrected chi connectivity index (χ4v) is 3.92. The summed E-state index contributed by atoms with van der Waals surface area (Å²) in [6.07, 6.45) is 1.91. The smallest absolute Gasteiger partial charge is 0.410 e. The van der Waals surface area contributed by atoms with Gasteiger partial charge in [0.15, 0.2) is 0 Å². The lowest BCUT2D eigenvalue weighted by atomic mass is 9.72. The molecule has 148 valence electrons. The number of allylic oxidation sites excluding steroid dienone is 1. The maximum atomic E-state index is 12.8. The molecular weight excluding hydrogens is 344 g/mol. The van der Waals surface area contributed by atoms with Crippen LogP contribution in [0.3, 0.4) is 0 Å². The SMILES string of the molecule is C=CCC1(C)C(CN(C)C)CN(C(=O)OCc2ccccc2)C1C(=O)OC. The summed E-state index contributed by atoms with van der Waals surface area (Å²) >= 11 is 0. The van der Waals surface area contributed by atoms with Crippen molar-refractivity contribution >= 4 is 12.1 Å². The first-order valence-corrected chi connectivity index (χ1v) is 9.14. The van der Waals surface area contributed by atoms with Crippen LogP contribution in [0, 0.1) is 11.3 Å². The number of nitrogens with zero attached hydrogens (tertiary/aromatic N) is 2. The first-order chi connectivity index (χ1) is 12.8. The molecule has 1 amide bonds. The Morgan fingerprint density at radius 2 is 2.00 bits per heavy atom. The Balaban J connectivity index is 2.24. The minimum absolute atomic E-state index is 0.0962. The summed E-state index contributed by atoms with van der Waals surface area (Å²) in [6.45, 7) is 7.23. The van der Waals surface area contributed by atoms with E-state index in [2.05, 4.69) is 11.5 Å². The van der Waals surface area contributed by atoms with Gasteiger partial charge < -0.3 is 14.4 Å². The number of ether oxygens (including phenoxy) is 2. The Labute approximate surface area is 161 Å². The van der Waals surface area contributed by atoms with Crippen LogP contribution in [0.15, 0.2) is 43.0 Å². The van der Waals surface area contributed by atoms with E-state index >= 15 is 0 Å². The molecule has 27 heavy (non-hydrogen) atoms. The van der Waals surface area contributed by atoms with Crippen molar-refractivity contribution in [2.24, 2.45) is 11.3 Å². The van der Waals surface area contributed by atoms with Crippen LogP contribution in [0.2, 0.25) is 0 Å². The van der Waals surface area contributed by atoms with Crippen molar-refractivity contribution in [3.63, 3.8) is 0 Å². The number of carbonyl (C=O) groups is 2. The van der Waals surface area contributed by atoms with E-state index < -0.39 is 23.5 Å². The van der Waals surface area contributed by atoms with Gasteiger partial charge in [-0.3, -0.25) is 4.90 Å². The maximum absolute atomic E-state index is 12.8. The number of esters is 1. The van der Waals surface area contributed by atoms with Crippen molar-refractivity contribution in [1.82, 2.24) is 9.80 Å². The molecule has 6 heteroatoms. The van der Waals surface area contributed by atoms with Gasteiger partial charge in [-0.15, -0.1) is 6.58 Å². The van der Waals surface area contributed by atoms with E-state index in [1.165, 1.54) is 12.0 Å². The van der Waals surface area contributed by atoms with Crippen LogP contribution in [0.1, 0.15) is 18.9 Å². The molecule has 3 atom stereocenters. The van der Waals surface area contributed by atoms with Crippen molar-refractivity contribution in [2.75, 3.05) is 34.3 Å². The third-order valence-electron chi connectivity index (χ3n) is 5.32. The van der Waals surface area contributed by atoms with E-state index in [9.17, 15) is 9.59 Å². The molecule has 0 bridgehead atoms. The van der Waals surface area contributed by atoms with Gasteiger partial charge in [0, 0.05) is 18.5 Å². The molecule has 1 saturated heterocycles. The zero-order valence-electron chi connectivity index (χ0n) is 16.7. The Morgan fingerprint density at radius 3 is 2.56 bits per heavy atom. The minimum Gasteiger partial charge on any atom is -0.467 e.